The SMILES string of the molecule is O=C(O)c1ccc(CCl)cc1.OCc1ccc(CCl)cc1.[B]. The van der Waals surface area contributed by atoms with Crippen LogP contribution < -0.4 is 0 Å². The van der Waals surface area contributed by atoms with Gasteiger partial charge in [-0.05, 0) is 28.8 Å². The lowest BCUT2D eigenvalue weighted by atomic mass is 10.1. The number of alkyl halides is 2. The third-order valence-corrected chi connectivity index (χ3v) is 3.33. The van der Waals surface area contributed by atoms with Crippen LogP contribution in [0.1, 0.15) is 27.0 Å². The fourth-order valence-corrected chi connectivity index (χ4v) is 1.83. The minimum atomic E-state index is -0.911. The van der Waals surface area contributed by atoms with E-state index in [0.29, 0.717) is 17.3 Å². The predicted octanol–water partition coefficient (Wildman–Crippen LogP) is 3.66. The standard InChI is InChI=1S/C8H7ClO2.C8H9ClO.B/c9-5-6-1-3-7(4-2-6)8(10)11;9-5-7-1-3-8(6-10)4-2-7;/h1-4H,5H2,(H,10,11);1-4,10H,5-6H2;. The maximum absolute atomic E-state index is 10.4. The molecule has 3 nitrogen and oxygen atoms in total. The van der Waals surface area contributed by atoms with Crippen molar-refractivity contribution in [3.05, 3.63) is 70.8 Å². The van der Waals surface area contributed by atoms with Gasteiger partial charge in [-0.1, -0.05) is 36.4 Å². The van der Waals surface area contributed by atoms with Crippen LogP contribution in [0.5, 0.6) is 0 Å². The third kappa shape index (κ3) is 6.99. The van der Waals surface area contributed by atoms with Gasteiger partial charge >= 0.3 is 5.97 Å². The summed E-state index contributed by atoms with van der Waals surface area (Å²) in [5.41, 5.74) is 3.23. The highest BCUT2D eigenvalue weighted by Gasteiger charge is 1.99. The monoisotopic (exact) mass is 337 g/mol. The van der Waals surface area contributed by atoms with E-state index in [1.165, 1.54) is 0 Å². The van der Waals surface area contributed by atoms with E-state index in [2.05, 4.69) is 0 Å². The molecule has 0 aliphatic rings. The molecule has 0 atom stereocenters. The summed E-state index contributed by atoms with van der Waals surface area (Å²) in [5.74, 6) is 0.0390. The Labute approximate surface area is 142 Å². The van der Waals surface area contributed by atoms with E-state index in [0.717, 1.165) is 16.7 Å². The first-order chi connectivity index (χ1) is 10.1. The molecule has 22 heavy (non-hydrogen) atoms. The van der Waals surface area contributed by atoms with Crippen molar-refractivity contribution in [1.29, 1.82) is 0 Å². The van der Waals surface area contributed by atoms with Gasteiger partial charge in [-0.25, -0.2) is 4.79 Å². The van der Waals surface area contributed by atoms with Crippen LogP contribution in [0.3, 0.4) is 0 Å². The molecule has 0 fully saturated rings. The van der Waals surface area contributed by atoms with Gasteiger partial charge in [0.15, 0.2) is 0 Å². The number of hydrogen-bond donors (Lipinski definition) is 2. The van der Waals surface area contributed by atoms with Gasteiger partial charge in [-0.15, -0.1) is 23.2 Å². The molecule has 0 aromatic heterocycles. The van der Waals surface area contributed by atoms with E-state index in [9.17, 15) is 4.79 Å². The van der Waals surface area contributed by atoms with Gasteiger partial charge in [0.2, 0.25) is 0 Å². The van der Waals surface area contributed by atoms with E-state index < -0.39 is 5.97 Å². The van der Waals surface area contributed by atoms with Crippen LogP contribution in [0.25, 0.3) is 0 Å². The molecule has 0 bridgehead atoms. The zero-order valence-corrected chi connectivity index (χ0v) is 13.4. The number of aliphatic hydroxyl groups excluding tert-OH is 1. The van der Waals surface area contributed by atoms with Crippen molar-refractivity contribution in [2.45, 2.75) is 18.4 Å². The fourth-order valence-electron chi connectivity index (χ4n) is 1.47. The van der Waals surface area contributed by atoms with Crippen LogP contribution >= 0.6 is 23.2 Å². The van der Waals surface area contributed by atoms with Crippen molar-refractivity contribution in [3.63, 3.8) is 0 Å². The van der Waals surface area contributed by atoms with Gasteiger partial charge in [0.1, 0.15) is 0 Å². The summed E-state index contributed by atoms with van der Waals surface area (Å²) in [5, 5.41) is 17.2. The first kappa shape index (κ1) is 20.5. The van der Waals surface area contributed by atoms with Crippen molar-refractivity contribution in [2.24, 2.45) is 0 Å². The average molecular weight is 338 g/mol. The van der Waals surface area contributed by atoms with E-state index in [1.807, 2.05) is 24.3 Å². The quantitative estimate of drug-likeness (QED) is 0.661. The molecule has 2 N–H and O–H groups in total. The predicted molar refractivity (Wildman–Crippen MR) is 90.6 cm³/mol. The number of benzene rings is 2. The molecule has 115 valence electrons. The van der Waals surface area contributed by atoms with Crippen molar-refractivity contribution in [1.82, 2.24) is 0 Å². The van der Waals surface area contributed by atoms with Crippen molar-refractivity contribution >= 4 is 37.6 Å². The van der Waals surface area contributed by atoms with Gasteiger partial charge in [-0.2, -0.15) is 0 Å². The Morgan fingerprint density at radius 3 is 1.50 bits per heavy atom. The molecular weight excluding hydrogens is 322 g/mol. The van der Waals surface area contributed by atoms with Gasteiger partial charge in [-0.3, -0.25) is 0 Å². The first-order valence-corrected chi connectivity index (χ1v) is 7.30. The Hall–Kier alpha value is -1.49. The number of hydrogen-bond acceptors (Lipinski definition) is 2. The summed E-state index contributed by atoms with van der Waals surface area (Å²) in [7, 11) is 0. The number of carboxylic acid groups (broad SMARTS) is 1. The second-order valence-electron chi connectivity index (χ2n) is 4.24. The lowest BCUT2D eigenvalue weighted by Crippen LogP contribution is -1.95. The second-order valence-corrected chi connectivity index (χ2v) is 4.78. The molecule has 2 aromatic carbocycles. The molecule has 0 heterocycles. The second kappa shape index (κ2) is 11.1. The van der Waals surface area contributed by atoms with Crippen LogP contribution in [-0.2, 0) is 18.4 Å². The summed E-state index contributed by atoms with van der Waals surface area (Å²) < 4.78 is 0. The highest BCUT2D eigenvalue weighted by molar-refractivity contribution is 6.17. The van der Waals surface area contributed by atoms with E-state index >= 15 is 0 Å². The molecule has 2 rings (SSSR count). The first-order valence-electron chi connectivity index (χ1n) is 6.23. The zero-order valence-electron chi connectivity index (χ0n) is 11.9. The van der Waals surface area contributed by atoms with Crippen LogP contribution in [0, 0.1) is 0 Å². The number of carbonyl (C=O) groups is 1. The molecule has 0 amide bonds. The van der Waals surface area contributed by atoms with Crippen LogP contribution in [0.15, 0.2) is 48.5 Å². The number of halogens is 2. The van der Waals surface area contributed by atoms with Crippen molar-refractivity contribution < 1.29 is 15.0 Å². The fraction of sp³-hybridized carbons (Fsp3) is 0.188. The molecule has 0 saturated heterocycles. The van der Waals surface area contributed by atoms with Gasteiger partial charge in [0.25, 0.3) is 0 Å². The highest BCUT2D eigenvalue weighted by Crippen LogP contribution is 2.07. The Morgan fingerprint density at radius 2 is 1.18 bits per heavy atom. The molecular formula is C16H16BCl2O3. The molecule has 6 heteroatoms. The van der Waals surface area contributed by atoms with Crippen LogP contribution in [0.2, 0.25) is 0 Å². The number of aliphatic hydroxyl groups is 1. The molecule has 0 aliphatic heterocycles. The Kier molecular flexibility index (Phi) is 10.4. The number of carboxylic acids is 1. The summed E-state index contributed by atoms with van der Waals surface area (Å²) in [6.07, 6.45) is 0. The smallest absolute Gasteiger partial charge is 0.335 e. The lowest BCUT2D eigenvalue weighted by Gasteiger charge is -1.96. The van der Waals surface area contributed by atoms with E-state index in [1.54, 1.807) is 24.3 Å². The van der Waals surface area contributed by atoms with E-state index in [-0.39, 0.29) is 15.0 Å². The van der Waals surface area contributed by atoms with Crippen molar-refractivity contribution in [2.75, 3.05) is 0 Å². The van der Waals surface area contributed by atoms with Gasteiger partial charge in [0.05, 0.1) is 12.2 Å². The Morgan fingerprint density at radius 1 is 0.818 bits per heavy atom. The van der Waals surface area contributed by atoms with Gasteiger partial charge < -0.3 is 10.2 Å². The van der Waals surface area contributed by atoms with Crippen molar-refractivity contribution in [3.8, 4) is 0 Å². The van der Waals surface area contributed by atoms with Crippen LogP contribution in [0.4, 0.5) is 0 Å². The van der Waals surface area contributed by atoms with Gasteiger partial charge in [0, 0.05) is 20.2 Å². The lowest BCUT2D eigenvalue weighted by molar-refractivity contribution is 0.0697. The number of rotatable bonds is 4. The minimum Gasteiger partial charge on any atom is -0.478 e. The largest absolute Gasteiger partial charge is 0.478 e. The highest BCUT2D eigenvalue weighted by atomic mass is 35.5. The summed E-state index contributed by atoms with van der Waals surface area (Å²) in [4.78, 5) is 10.4. The molecule has 0 unspecified atom stereocenters. The zero-order chi connectivity index (χ0) is 15.7. The molecule has 3 radical (unpaired) electrons. The average Bonchev–Trinajstić information content (AvgIpc) is 2.55. The topological polar surface area (TPSA) is 57.5 Å². The maximum atomic E-state index is 10.4. The normalized spacial score (nSPS) is 9.23. The Balaban J connectivity index is 0.000000385. The van der Waals surface area contributed by atoms with E-state index in [4.69, 9.17) is 33.4 Å². The summed E-state index contributed by atoms with van der Waals surface area (Å²) in [6, 6.07) is 14.1. The maximum Gasteiger partial charge on any atom is 0.335 e. The van der Waals surface area contributed by atoms with Crippen LogP contribution in [-0.4, -0.2) is 24.6 Å². The Bertz CT molecular complexity index is 534. The molecule has 2 aromatic rings. The molecule has 0 saturated carbocycles. The third-order valence-electron chi connectivity index (χ3n) is 2.72. The summed E-state index contributed by atoms with van der Waals surface area (Å²) >= 11 is 11.1. The number of aromatic carboxylic acids is 1. The molecule has 0 aliphatic carbocycles. The summed E-state index contributed by atoms with van der Waals surface area (Å²) in [6.45, 7) is 0.0998. The molecule has 0 spiro atoms. The minimum absolute atomic E-state index is 0.